The number of aromatic hydroxyl groups is 1. The molecule has 92 valence electrons. The van der Waals surface area contributed by atoms with Crippen LogP contribution in [0, 0.1) is 5.41 Å². The van der Waals surface area contributed by atoms with Crippen molar-refractivity contribution >= 4 is 33.4 Å². The summed E-state index contributed by atoms with van der Waals surface area (Å²) in [5.74, 6) is 0.290. The summed E-state index contributed by atoms with van der Waals surface area (Å²) in [4.78, 5) is 11.8. The summed E-state index contributed by atoms with van der Waals surface area (Å²) in [7, 11) is 0. The Morgan fingerprint density at radius 1 is 1.53 bits per heavy atom. The van der Waals surface area contributed by atoms with Gasteiger partial charge < -0.3 is 10.4 Å². The van der Waals surface area contributed by atoms with Crippen LogP contribution >= 0.6 is 27.5 Å². The van der Waals surface area contributed by atoms with Crippen molar-refractivity contribution in [3.05, 3.63) is 28.2 Å². The first-order chi connectivity index (χ1) is 8.06. The summed E-state index contributed by atoms with van der Waals surface area (Å²) in [6.07, 6.45) is 2.12. The van der Waals surface area contributed by atoms with E-state index in [2.05, 4.69) is 21.2 Å². The molecule has 1 saturated carbocycles. The predicted molar refractivity (Wildman–Crippen MR) is 70.5 cm³/mol. The van der Waals surface area contributed by atoms with E-state index in [1.54, 1.807) is 12.1 Å². The van der Waals surface area contributed by atoms with E-state index in [0.29, 0.717) is 18.0 Å². The molecule has 1 aromatic carbocycles. The second-order valence-corrected chi connectivity index (χ2v) is 5.66. The van der Waals surface area contributed by atoms with Crippen LogP contribution in [0.5, 0.6) is 5.75 Å². The highest BCUT2D eigenvalue weighted by Crippen LogP contribution is 2.45. The highest BCUT2D eigenvalue weighted by Gasteiger charge is 2.41. The van der Waals surface area contributed by atoms with Gasteiger partial charge in [0.2, 0.25) is 0 Å². The summed E-state index contributed by atoms with van der Waals surface area (Å²) >= 11 is 9.06. The molecule has 3 nitrogen and oxygen atoms in total. The molecule has 0 unspecified atom stereocenters. The number of nitrogens with one attached hydrogen (secondary N) is 1. The maximum Gasteiger partial charge on any atom is 0.255 e. The van der Waals surface area contributed by atoms with Crippen LogP contribution in [0.2, 0.25) is 0 Å². The van der Waals surface area contributed by atoms with Crippen LogP contribution in [-0.2, 0) is 0 Å². The lowest BCUT2D eigenvalue weighted by Gasteiger charge is -2.13. The molecular weight excluding hydrogens is 305 g/mol. The van der Waals surface area contributed by atoms with Gasteiger partial charge in [-0.3, -0.25) is 4.79 Å². The number of phenols is 1. The van der Waals surface area contributed by atoms with Crippen LogP contribution in [0.1, 0.15) is 23.2 Å². The summed E-state index contributed by atoms with van der Waals surface area (Å²) in [6.45, 7) is 0.574. The zero-order valence-electron chi connectivity index (χ0n) is 9.17. The highest BCUT2D eigenvalue weighted by molar-refractivity contribution is 9.10. The Morgan fingerprint density at radius 3 is 2.76 bits per heavy atom. The van der Waals surface area contributed by atoms with Crippen LogP contribution in [-0.4, -0.2) is 23.4 Å². The van der Waals surface area contributed by atoms with E-state index in [9.17, 15) is 9.90 Å². The quantitative estimate of drug-likeness (QED) is 0.839. The fourth-order valence-electron chi connectivity index (χ4n) is 1.59. The Labute approximate surface area is 113 Å². The third-order valence-corrected chi connectivity index (χ3v) is 4.13. The Balaban J connectivity index is 2.00. The molecular formula is C12H13BrClNO2. The Kier molecular flexibility index (Phi) is 3.64. The first-order valence-corrected chi connectivity index (χ1v) is 6.72. The number of halogens is 2. The molecule has 2 rings (SSSR count). The monoisotopic (exact) mass is 317 g/mol. The molecule has 0 spiro atoms. The van der Waals surface area contributed by atoms with Gasteiger partial charge in [0.05, 0.1) is 5.56 Å². The van der Waals surface area contributed by atoms with Gasteiger partial charge in [0, 0.05) is 22.3 Å². The van der Waals surface area contributed by atoms with Gasteiger partial charge in [-0.15, -0.1) is 11.6 Å². The average Bonchev–Trinajstić information content (AvgIpc) is 3.07. The van der Waals surface area contributed by atoms with Crippen molar-refractivity contribution in [1.29, 1.82) is 0 Å². The topological polar surface area (TPSA) is 49.3 Å². The Bertz CT molecular complexity index is 446. The van der Waals surface area contributed by atoms with Crippen LogP contribution in [0.25, 0.3) is 0 Å². The number of carbonyl (C=O) groups is 1. The first kappa shape index (κ1) is 12.7. The molecule has 0 heterocycles. The van der Waals surface area contributed by atoms with Gasteiger partial charge in [0.15, 0.2) is 0 Å². The van der Waals surface area contributed by atoms with Gasteiger partial charge >= 0.3 is 0 Å². The standard InChI is InChI=1S/C12H13BrClNO2/c13-8-1-2-9(10(16)5-8)11(17)15-7-12(6-14)3-4-12/h1-2,5,16H,3-4,6-7H2,(H,15,17). The number of carbonyl (C=O) groups excluding carboxylic acids is 1. The molecule has 0 saturated heterocycles. The van der Waals surface area contributed by atoms with Gasteiger partial charge in [-0.25, -0.2) is 0 Å². The number of hydrogen-bond acceptors (Lipinski definition) is 2. The Morgan fingerprint density at radius 2 is 2.24 bits per heavy atom. The minimum absolute atomic E-state index is 0.0207. The van der Waals surface area contributed by atoms with Crippen molar-refractivity contribution in [3.8, 4) is 5.75 Å². The SMILES string of the molecule is O=C(NCC1(CCl)CC1)c1ccc(Br)cc1O. The summed E-state index contributed by atoms with van der Waals surface area (Å²) in [5, 5.41) is 12.5. The minimum atomic E-state index is -0.258. The number of hydrogen-bond donors (Lipinski definition) is 2. The maximum absolute atomic E-state index is 11.8. The van der Waals surface area contributed by atoms with E-state index in [4.69, 9.17) is 11.6 Å². The van der Waals surface area contributed by atoms with Crippen molar-refractivity contribution in [2.45, 2.75) is 12.8 Å². The van der Waals surface area contributed by atoms with Crippen LogP contribution in [0.15, 0.2) is 22.7 Å². The van der Waals surface area contributed by atoms with Crippen LogP contribution in [0.3, 0.4) is 0 Å². The lowest BCUT2D eigenvalue weighted by atomic mass is 10.1. The number of rotatable bonds is 4. The molecule has 0 radical (unpaired) electrons. The average molecular weight is 319 g/mol. The number of benzene rings is 1. The molecule has 17 heavy (non-hydrogen) atoms. The largest absolute Gasteiger partial charge is 0.507 e. The predicted octanol–water partition coefficient (Wildman–Crippen LogP) is 2.90. The zero-order valence-corrected chi connectivity index (χ0v) is 11.5. The van der Waals surface area contributed by atoms with Gasteiger partial charge in [-0.05, 0) is 31.0 Å². The maximum atomic E-state index is 11.8. The smallest absolute Gasteiger partial charge is 0.255 e. The summed E-state index contributed by atoms with van der Waals surface area (Å²) in [5.41, 5.74) is 0.376. The van der Waals surface area contributed by atoms with Crippen molar-refractivity contribution in [1.82, 2.24) is 5.32 Å². The second-order valence-electron chi connectivity index (χ2n) is 4.48. The molecule has 1 aliphatic carbocycles. The normalized spacial score (nSPS) is 16.6. The molecule has 1 amide bonds. The van der Waals surface area contributed by atoms with Crippen LogP contribution < -0.4 is 5.32 Å². The van der Waals surface area contributed by atoms with Gasteiger partial charge in [0.1, 0.15) is 5.75 Å². The Hall–Kier alpha value is -0.740. The van der Waals surface area contributed by atoms with E-state index < -0.39 is 0 Å². The molecule has 0 aliphatic heterocycles. The van der Waals surface area contributed by atoms with E-state index in [0.717, 1.165) is 17.3 Å². The highest BCUT2D eigenvalue weighted by atomic mass is 79.9. The fourth-order valence-corrected chi connectivity index (χ4v) is 2.30. The third kappa shape index (κ3) is 2.93. The molecule has 5 heteroatoms. The van der Waals surface area contributed by atoms with Gasteiger partial charge in [0.25, 0.3) is 5.91 Å². The van der Waals surface area contributed by atoms with E-state index >= 15 is 0 Å². The molecule has 1 fully saturated rings. The number of amides is 1. The summed E-state index contributed by atoms with van der Waals surface area (Å²) in [6, 6.07) is 4.82. The van der Waals surface area contributed by atoms with Crippen molar-refractivity contribution in [2.24, 2.45) is 5.41 Å². The second kappa shape index (κ2) is 4.86. The van der Waals surface area contributed by atoms with Crippen LogP contribution in [0.4, 0.5) is 0 Å². The molecule has 2 N–H and O–H groups in total. The summed E-state index contributed by atoms with van der Waals surface area (Å²) < 4.78 is 0.742. The van der Waals surface area contributed by atoms with E-state index in [-0.39, 0.29) is 17.1 Å². The van der Waals surface area contributed by atoms with Crippen molar-refractivity contribution < 1.29 is 9.90 Å². The first-order valence-electron chi connectivity index (χ1n) is 5.39. The van der Waals surface area contributed by atoms with Crippen molar-refractivity contribution in [3.63, 3.8) is 0 Å². The van der Waals surface area contributed by atoms with Gasteiger partial charge in [-0.2, -0.15) is 0 Å². The van der Waals surface area contributed by atoms with E-state index in [1.165, 1.54) is 6.07 Å². The van der Waals surface area contributed by atoms with Crippen molar-refractivity contribution in [2.75, 3.05) is 12.4 Å². The number of phenolic OH excluding ortho intramolecular Hbond substituents is 1. The lowest BCUT2D eigenvalue weighted by Crippen LogP contribution is -2.31. The third-order valence-electron chi connectivity index (χ3n) is 3.07. The van der Waals surface area contributed by atoms with Gasteiger partial charge in [-0.1, -0.05) is 15.9 Å². The number of alkyl halides is 1. The molecule has 1 aliphatic rings. The molecule has 0 bridgehead atoms. The van der Waals surface area contributed by atoms with E-state index in [1.807, 2.05) is 0 Å². The molecule has 0 atom stereocenters. The lowest BCUT2D eigenvalue weighted by molar-refractivity contribution is 0.0943. The molecule has 1 aromatic rings. The zero-order chi connectivity index (χ0) is 12.5. The molecule has 0 aromatic heterocycles. The minimum Gasteiger partial charge on any atom is -0.507 e. The fraction of sp³-hybridized carbons (Fsp3) is 0.417.